The molecular weight excluding hydrogens is 269 g/mol. The molecule has 0 spiro atoms. The number of likely N-dealkylation sites (tertiary alicyclic amines) is 1. The maximum atomic E-state index is 12.5. The Bertz CT molecular complexity index is 285. The summed E-state index contributed by atoms with van der Waals surface area (Å²) < 4.78 is 37.4. The van der Waals surface area contributed by atoms with Crippen LogP contribution >= 0.6 is 12.4 Å². The zero-order chi connectivity index (χ0) is 12.5. The fourth-order valence-corrected chi connectivity index (χ4v) is 2.54. The predicted octanol–water partition coefficient (Wildman–Crippen LogP) is 1.96. The smallest absolute Gasteiger partial charge is 0.341 e. The van der Waals surface area contributed by atoms with E-state index >= 15 is 0 Å². The monoisotopic (exact) mass is 286 g/mol. The molecule has 0 unspecified atom stereocenters. The lowest BCUT2D eigenvalue weighted by Gasteiger charge is -2.34. The van der Waals surface area contributed by atoms with Crippen LogP contribution in [0.5, 0.6) is 0 Å². The predicted molar refractivity (Wildman–Crippen MR) is 63.6 cm³/mol. The van der Waals surface area contributed by atoms with E-state index in [0.29, 0.717) is 0 Å². The molecule has 2 heterocycles. The maximum Gasteiger partial charge on any atom is 0.391 e. The Labute approximate surface area is 110 Å². The van der Waals surface area contributed by atoms with E-state index in [-0.39, 0.29) is 50.3 Å². The average molecular weight is 287 g/mol. The molecular formula is C11H18ClF3N2O. The van der Waals surface area contributed by atoms with E-state index in [2.05, 4.69) is 5.32 Å². The fourth-order valence-electron chi connectivity index (χ4n) is 2.54. The number of hydrogen-bond acceptors (Lipinski definition) is 2. The number of nitrogens with one attached hydrogen (secondary N) is 1. The molecule has 106 valence electrons. The van der Waals surface area contributed by atoms with Crippen LogP contribution in [0.3, 0.4) is 0 Å². The Morgan fingerprint density at radius 1 is 1.17 bits per heavy atom. The van der Waals surface area contributed by atoms with Gasteiger partial charge in [-0.3, -0.25) is 4.79 Å². The van der Waals surface area contributed by atoms with Gasteiger partial charge in [-0.25, -0.2) is 0 Å². The van der Waals surface area contributed by atoms with E-state index in [4.69, 9.17) is 0 Å². The summed E-state index contributed by atoms with van der Waals surface area (Å²) in [7, 11) is 0. The number of carbonyl (C=O) groups excluding carboxylic acids is 1. The first-order valence-electron chi connectivity index (χ1n) is 6.07. The SMILES string of the molecule is Cl.O=C([C@@H]1CCCN1)N1CCC(C(F)(F)F)CC1. The molecule has 1 amide bonds. The Morgan fingerprint density at radius 2 is 1.78 bits per heavy atom. The minimum absolute atomic E-state index is 0. The number of rotatable bonds is 1. The lowest BCUT2D eigenvalue weighted by Crippen LogP contribution is -2.48. The third-order valence-corrected chi connectivity index (χ3v) is 3.63. The van der Waals surface area contributed by atoms with Gasteiger partial charge in [-0.05, 0) is 32.2 Å². The van der Waals surface area contributed by atoms with E-state index in [1.165, 1.54) is 0 Å². The minimum atomic E-state index is -4.11. The van der Waals surface area contributed by atoms with Gasteiger partial charge in [0.1, 0.15) is 0 Å². The molecule has 3 nitrogen and oxygen atoms in total. The Kier molecular flexibility index (Phi) is 5.28. The van der Waals surface area contributed by atoms with Crippen molar-refractivity contribution < 1.29 is 18.0 Å². The van der Waals surface area contributed by atoms with Crippen LogP contribution < -0.4 is 5.32 Å². The minimum Gasteiger partial charge on any atom is -0.341 e. The lowest BCUT2D eigenvalue weighted by molar-refractivity contribution is -0.186. The first kappa shape index (κ1) is 15.6. The highest BCUT2D eigenvalue weighted by molar-refractivity contribution is 5.85. The third kappa shape index (κ3) is 3.51. The highest BCUT2D eigenvalue weighted by atomic mass is 35.5. The maximum absolute atomic E-state index is 12.5. The summed E-state index contributed by atoms with van der Waals surface area (Å²) >= 11 is 0. The normalized spacial score (nSPS) is 25.9. The Morgan fingerprint density at radius 3 is 2.22 bits per heavy atom. The van der Waals surface area contributed by atoms with Gasteiger partial charge in [0.25, 0.3) is 0 Å². The topological polar surface area (TPSA) is 32.3 Å². The van der Waals surface area contributed by atoms with Crippen molar-refractivity contribution in [3.63, 3.8) is 0 Å². The summed E-state index contributed by atoms with van der Waals surface area (Å²) in [5.41, 5.74) is 0. The summed E-state index contributed by atoms with van der Waals surface area (Å²) in [4.78, 5) is 13.5. The number of nitrogens with zero attached hydrogens (tertiary/aromatic N) is 1. The van der Waals surface area contributed by atoms with Gasteiger partial charge in [-0.2, -0.15) is 13.2 Å². The number of piperidine rings is 1. The van der Waals surface area contributed by atoms with Gasteiger partial charge < -0.3 is 10.2 Å². The Balaban J connectivity index is 0.00000162. The van der Waals surface area contributed by atoms with E-state index in [9.17, 15) is 18.0 Å². The molecule has 0 radical (unpaired) electrons. The highest BCUT2D eigenvalue weighted by Crippen LogP contribution is 2.34. The highest BCUT2D eigenvalue weighted by Gasteiger charge is 2.42. The van der Waals surface area contributed by atoms with Gasteiger partial charge in [-0.15, -0.1) is 12.4 Å². The van der Waals surface area contributed by atoms with Crippen LogP contribution in [-0.4, -0.2) is 42.7 Å². The van der Waals surface area contributed by atoms with Crippen molar-refractivity contribution in [2.75, 3.05) is 19.6 Å². The van der Waals surface area contributed by atoms with Crippen molar-refractivity contribution in [2.24, 2.45) is 5.92 Å². The molecule has 2 saturated heterocycles. The largest absolute Gasteiger partial charge is 0.391 e. The van der Waals surface area contributed by atoms with Crippen LogP contribution in [0.2, 0.25) is 0 Å². The molecule has 2 fully saturated rings. The standard InChI is InChI=1S/C11H17F3N2O.ClH/c12-11(13,14)8-3-6-16(7-4-8)10(17)9-2-1-5-15-9;/h8-9,15H,1-7H2;1H/t9-;/m0./s1. The summed E-state index contributed by atoms with van der Waals surface area (Å²) in [5.74, 6) is -1.26. The van der Waals surface area contributed by atoms with E-state index in [0.717, 1.165) is 19.4 Å². The van der Waals surface area contributed by atoms with Gasteiger partial charge in [0.15, 0.2) is 0 Å². The third-order valence-electron chi connectivity index (χ3n) is 3.63. The number of halogens is 4. The van der Waals surface area contributed by atoms with Crippen LogP contribution in [0.15, 0.2) is 0 Å². The molecule has 0 bridgehead atoms. The van der Waals surface area contributed by atoms with Crippen molar-refractivity contribution in [1.82, 2.24) is 10.2 Å². The quantitative estimate of drug-likeness (QED) is 0.799. The molecule has 18 heavy (non-hydrogen) atoms. The van der Waals surface area contributed by atoms with Crippen molar-refractivity contribution in [1.29, 1.82) is 0 Å². The van der Waals surface area contributed by atoms with Crippen molar-refractivity contribution >= 4 is 18.3 Å². The average Bonchev–Trinajstić information content (AvgIpc) is 2.80. The molecule has 2 rings (SSSR count). The van der Waals surface area contributed by atoms with Crippen molar-refractivity contribution in [2.45, 2.75) is 37.9 Å². The molecule has 7 heteroatoms. The first-order valence-corrected chi connectivity index (χ1v) is 6.07. The molecule has 0 aromatic rings. The first-order chi connectivity index (χ1) is 7.98. The zero-order valence-electron chi connectivity index (χ0n) is 10.0. The summed E-state index contributed by atoms with van der Waals surface area (Å²) in [6.07, 6.45) is -2.25. The Hall–Kier alpha value is -0.490. The van der Waals surface area contributed by atoms with Gasteiger partial charge in [0.2, 0.25) is 5.91 Å². The van der Waals surface area contributed by atoms with Crippen molar-refractivity contribution in [3.8, 4) is 0 Å². The van der Waals surface area contributed by atoms with Crippen LogP contribution in [0.4, 0.5) is 13.2 Å². The number of amides is 1. The van der Waals surface area contributed by atoms with E-state index in [1.54, 1.807) is 4.90 Å². The molecule has 0 saturated carbocycles. The second-order valence-corrected chi connectivity index (χ2v) is 4.79. The van der Waals surface area contributed by atoms with Crippen LogP contribution in [0.25, 0.3) is 0 Å². The van der Waals surface area contributed by atoms with Gasteiger partial charge >= 0.3 is 6.18 Å². The van der Waals surface area contributed by atoms with E-state index in [1.807, 2.05) is 0 Å². The second-order valence-electron chi connectivity index (χ2n) is 4.79. The number of carbonyl (C=O) groups is 1. The van der Waals surface area contributed by atoms with Crippen LogP contribution in [-0.2, 0) is 4.79 Å². The molecule has 1 N–H and O–H groups in total. The lowest BCUT2D eigenvalue weighted by atomic mass is 9.96. The van der Waals surface area contributed by atoms with Crippen molar-refractivity contribution in [3.05, 3.63) is 0 Å². The molecule has 2 aliphatic heterocycles. The number of hydrogen-bond donors (Lipinski definition) is 1. The molecule has 0 aliphatic carbocycles. The molecule has 0 aromatic carbocycles. The van der Waals surface area contributed by atoms with Gasteiger partial charge in [-0.1, -0.05) is 0 Å². The molecule has 1 atom stereocenters. The fraction of sp³-hybridized carbons (Fsp3) is 0.909. The van der Waals surface area contributed by atoms with Gasteiger partial charge in [0.05, 0.1) is 12.0 Å². The van der Waals surface area contributed by atoms with Gasteiger partial charge in [0, 0.05) is 13.1 Å². The summed E-state index contributed by atoms with van der Waals surface area (Å²) in [6, 6.07) is -0.169. The molecule has 2 aliphatic rings. The van der Waals surface area contributed by atoms with Crippen LogP contribution in [0.1, 0.15) is 25.7 Å². The summed E-state index contributed by atoms with van der Waals surface area (Å²) in [6.45, 7) is 1.30. The summed E-state index contributed by atoms with van der Waals surface area (Å²) in [5, 5.41) is 3.08. The second kappa shape index (κ2) is 6.10. The van der Waals surface area contributed by atoms with Crippen LogP contribution in [0, 0.1) is 5.92 Å². The molecule has 0 aromatic heterocycles. The zero-order valence-corrected chi connectivity index (χ0v) is 10.8. The van der Waals surface area contributed by atoms with E-state index < -0.39 is 12.1 Å². The number of alkyl halides is 3.